The van der Waals surface area contributed by atoms with Crippen molar-refractivity contribution in [1.29, 1.82) is 0 Å². The average molecular weight is 415 g/mol. The summed E-state index contributed by atoms with van der Waals surface area (Å²) in [5.74, 6) is 1.65. The highest BCUT2D eigenvalue weighted by molar-refractivity contribution is 5.37. The standard InChI is InChI=1S/C25H34O5/c1-23-10-7-18(30-15-26)13-17(23)4-5-21-20(23)8-11-24(2)19(9-12-25(21,24)28)16-3-6-22(27)29-14-16/h3,6,14-15,17-21,28H,4-5,7-13H2,1-2H3/t17?,18?,19-,20?,21?,23?,24?,25?/m1/s1. The number of carbonyl (C=O) groups excluding carboxylic acids is 1. The molecule has 0 aliphatic heterocycles. The summed E-state index contributed by atoms with van der Waals surface area (Å²) in [4.78, 5) is 22.3. The fourth-order valence-corrected chi connectivity index (χ4v) is 8.49. The predicted molar refractivity (Wildman–Crippen MR) is 112 cm³/mol. The van der Waals surface area contributed by atoms with Crippen molar-refractivity contribution >= 4 is 6.47 Å². The second kappa shape index (κ2) is 6.94. The van der Waals surface area contributed by atoms with Gasteiger partial charge in [0.15, 0.2) is 0 Å². The monoisotopic (exact) mass is 414 g/mol. The van der Waals surface area contributed by atoms with Crippen molar-refractivity contribution in [1.82, 2.24) is 0 Å². The van der Waals surface area contributed by atoms with Crippen LogP contribution in [0.2, 0.25) is 0 Å². The maximum Gasteiger partial charge on any atom is 0.335 e. The summed E-state index contributed by atoms with van der Waals surface area (Å²) >= 11 is 0. The molecule has 4 saturated carbocycles. The van der Waals surface area contributed by atoms with Crippen LogP contribution < -0.4 is 5.63 Å². The molecule has 4 fully saturated rings. The van der Waals surface area contributed by atoms with E-state index in [1.807, 2.05) is 6.07 Å². The Bertz CT molecular complexity index is 858. The van der Waals surface area contributed by atoms with E-state index in [0.717, 1.165) is 63.4 Å². The van der Waals surface area contributed by atoms with Gasteiger partial charge in [0.05, 0.1) is 11.9 Å². The fraction of sp³-hybridized carbons (Fsp3) is 0.760. The minimum absolute atomic E-state index is 0.0673. The Morgan fingerprint density at radius 1 is 1.07 bits per heavy atom. The normalized spacial score (nSPS) is 47.6. The fourth-order valence-electron chi connectivity index (χ4n) is 8.49. The lowest BCUT2D eigenvalue weighted by atomic mass is 9.43. The Kier molecular flexibility index (Phi) is 4.70. The van der Waals surface area contributed by atoms with Gasteiger partial charge in [0, 0.05) is 11.5 Å². The molecule has 1 aromatic heterocycles. The van der Waals surface area contributed by atoms with E-state index in [9.17, 15) is 14.7 Å². The van der Waals surface area contributed by atoms with Crippen LogP contribution in [0.3, 0.4) is 0 Å². The number of hydrogen-bond donors (Lipinski definition) is 1. The molecule has 8 atom stereocenters. The smallest absolute Gasteiger partial charge is 0.335 e. The van der Waals surface area contributed by atoms with Crippen LogP contribution in [0.25, 0.3) is 0 Å². The van der Waals surface area contributed by atoms with E-state index in [1.165, 1.54) is 6.07 Å². The highest BCUT2D eigenvalue weighted by atomic mass is 16.5. The van der Waals surface area contributed by atoms with Crippen LogP contribution in [0, 0.1) is 28.6 Å². The SMILES string of the molecule is CC12CCC(OC=O)CC1CCC1C2CCC2(C)[C@@H](c3ccc(=O)oc3)CCC12O. The summed E-state index contributed by atoms with van der Waals surface area (Å²) in [7, 11) is 0. The first-order valence-electron chi connectivity index (χ1n) is 11.7. The Hall–Kier alpha value is -1.62. The van der Waals surface area contributed by atoms with Crippen LogP contribution >= 0.6 is 0 Å². The van der Waals surface area contributed by atoms with Crippen molar-refractivity contribution < 1.29 is 19.1 Å². The molecule has 1 N–H and O–H groups in total. The molecule has 4 aliphatic rings. The highest BCUT2D eigenvalue weighted by Gasteiger charge is 2.67. The summed E-state index contributed by atoms with van der Waals surface area (Å²) in [5, 5.41) is 12.2. The van der Waals surface area contributed by atoms with E-state index in [0.29, 0.717) is 24.2 Å². The molecular formula is C25H34O5. The summed E-state index contributed by atoms with van der Waals surface area (Å²) in [6.45, 7) is 5.32. The molecule has 0 aromatic carbocycles. The van der Waals surface area contributed by atoms with Crippen molar-refractivity contribution in [3.8, 4) is 0 Å². The Morgan fingerprint density at radius 3 is 2.63 bits per heavy atom. The molecular weight excluding hydrogens is 380 g/mol. The summed E-state index contributed by atoms with van der Waals surface area (Å²) in [6.07, 6.45) is 10.8. The van der Waals surface area contributed by atoms with Crippen LogP contribution in [0.1, 0.15) is 83.1 Å². The summed E-state index contributed by atoms with van der Waals surface area (Å²) in [5.41, 5.74) is 0.107. The summed E-state index contributed by atoms with van der Waals surface area (Å²) in [6, 6.07) is 3.40. The first-order valence-corrected chi connectivity index (χ1v) is 11.7. The molecule has 7 unspecified atom stereocenters. The lowest BCUT2D eigenvalue weighted by molar-refractivity contribution is -0.206. The van der Waals surface area contributed by atoms with E-state index in [4.69, 9.17) is 9.15 Å². The number of carbonyl (C=O) groups is 1. The maximum atomic E-state index is 12.2. The molecule has 4 aliphatic carbocycles. The van der Waals surface area contributed by atoms with Crippen molar-refractivity contribution in [2.75, 3.05) is 0 Å². The van der Waals surface area contributed by atoms with E-state index in [1.54, 1.807) is 6.26 Å². The molecule has 0 radical (unpaired) electrons. The van der Waals surface area contributed by atoms with Crippen LogP contribution in [0.5, 0.6) is 0 Å². The maximum absolute atomic E-state index is 12.2. The molecule has 30 heavy (non-hydrogen) atoms. The quantitative estimate of drug-likeness (QED) is 0.741. The van der Waals surface area contributed by atoms with Gasteiger partial charge in [-0.3, -0.25) is 4.79 Å². The van der Waals surface area contributed by atoms with Crippen molar-refractivity contribution in [2.45, 2.75) is 89.3 Å². The van der Waals surface area contributed by atoms with Crippen LogP contribution in [0.15, 0.2) is 27.6 Å². The van der Waals surface area contributed by atoms with Gasteiger partial charge < -0.3 is 14.3 Å². The number of ether oxygens (including phenoxy) is 1. The van der Waals surface area contributed by atoms with Gasteiger partial charge in [-0.1, -0.05) is 13.8 Å². The van der Waals surface area contributed by atoms with Crippen molar-refractivity contribution in [3.63, 3.8) is 0 Å². The predicted octanol–water partition coefficient (Wildman–Crippen LogP) is 4.42. The van der Waals surface area contributed by atoms with Gasteiger partial charge in [0.25, 0.3) is 6.47 Å². The Morgan fingerprint density at radius 2 is 1.90 bits per heavy atom. The second-order valence-corrected chi connectivity index (χ2v) is 11.0. The third kappa shape index (κ3) is 2.70. The van der Waals surface area contributed by atoms with Gasteiger partial charge >= 0.3 is 5.63 Å². The molecule has 164 valence electrons. The first-order chi connectivity index (χ1) is 14.3. The molecule has 0 saturated heterocycles. The lowest BCUT2D eigenvalue weighted by Crippen LogP contribution is -2.62. The molecule has 5 rings (SSSR count). The molecule has 1 heterocycles. The van der Waals surface area contributed by atoms with Gasteiger partial charge in [-0.2, -0.15) is 0 Å². The third-order valence-electron chi connectivity index (χ3n) is 10.2. The van der Waals surface area contributed by atoms with Crippen LogP contribution in [-0.4, -0.2) is 23.3 Å². The van der Waals surface area contributed by atoms with E-state index < -0.39 is 5.60 Å². The lowest BCUT2D eigenvalue weighted by Gasteiger charge is -2.63. The Labute approximate surface area is 178 Å². The van der Waals surface area contributed by atoms with Crippen molar-refractivity contribution in [3.05, 3.63) is 34.4 Å². The third-order valence-corrected chi connectivity index (χ3v) is 10.2. The zero-order valence-corrected chi connectivity index (χ0v) is 18.1. The van der Waals surface area contributed by atoms with E-state index in [-0.39, 0.29) is 28.5 Å². The highest BCUT2D eigenvalue weighted by Crippen LogP contribution is 2.70. The minimum Gasteiger partial charge on any atom is -0.465 e. The molecule has 0 amide bonds. The van der Waals surface area contributed by atoms with Gasteiger partial charge in [-0.05, 0) is 98.5 Å². The second-order valence-electron chi connectivity index (χ2n) is 11.0. The number of aliphatic hydroxyl groups is 1. The molecule has 0 spiro atoms. The Balaban J connectivity index is 1.43. The molecule has 0 bridgehead atoms. The first kappa shape index (κ1) is 20.3. The summed E-state index contributed by atoms with van der Waals surface area (Å²) < 4.78 is 10.5. The topological polar surface area (TPSA) is 76.7 Å². The van der Waals surface area contributed by atoms with Crippen LogP contribution in [0.4, 0.5) is 0 Å². The largest absolute Gasteiger partial charge is 0.465 e. The number of fused-ring (bicyclic) bond motifs is 5. The van der Waals surface area contributed by atoms with Crippen LogP contribution in [-0.2, 0) is 9.53 Å². The van der Waals surface area contributed by atoms with E-state index in [2.05, 4.69) is 13.8 Å². The van der Waals surface area contributed by atoms with Gasteiger partial charge in [0.1, 0.15) is 6.10 Å². The average Bonchev–Trinajstić information content (AvgIpc) is 3.01. The zero-order chi connectivity index (χ0) is 21.1. The van der Waals surface area contributed by atoms with Gasteiger partial charge in [0.2, 0.25) is 0 Å². The number of rotatable bonds is 3. The molecule has 5 nitrogen and oxygen atoms in total. The van der Waals surface area contributed by atoms with Gasteiger partial charge in [-0.25, -0.2) is 4.79 Å². The number of hydrogen-bond acceptors (Lipinski definition) is 5. The van der Waals surface area contributed by atoms with E-state index >= 15 is 0 Å². The van der Waals surface area contributed by atoms with Crippen molar-refractivity contribution in [2.24, 2.45) is 28.6 Å². The zero-order valence-electron chi connectivity index (χ0n) is 18.1. The minimum atomic E-state index is -0.666. The molecule has 5 heteroatoms. The molecule has 1 aromatic rings. The van der Waals surface area contributed by atoms with Gasteiger partial charge in [-0.15, -0.1) is 0 Å².